The Morgan fingerprint density at radius 1 is 1.16 bits per heavy atom. The number of hydrogen-bond donors (Lipinski definition) is 0. The standard InChI is InChI=1S/C25H20N2O3S2/c1-3-30-24(29)21-15(2)26-25-27(23(28)20(32-25)14-17-10-7-13-31-17)22(21)19-12-6-9-16-8-4-5-11-18(16)19/h4-14,22H,3H2,1-2H3/b20-14-. The molecule has 1 unspecified atom stereocenters. The van der Waals surface area contributed by atoms with Crippen LogP contribution in [-0.4, -0.2) is 17.1 Å². The van der Waals surface area contributed by atoms with Crippen LogP contribution < -0.4 is 14.9 Å². The number of thiazole rings is 1. The number of thiophene rings is 1. The minimum absolute atomic E-state index is 0.158. The van der Waals surface area contributed by atoms with Crippen molar-refractivity contribution in [2.75, 3.05) is 6.61 Å². The van der Waals surface area contributed by atoms with Crippen LogP contribution in [-0.2, 0) is 9.53 Å². The molecule has 5 nitrogen and oxygen atoms in total. The van der Waals surface area contributed by atoms with E-state index in [0.29, 0.717) is 20.6 Å². The maximum Gasteiger partial charge on any atom is 0.338 e. The zero-order valence-electron chi connectivity index (χ0n) is 17.6. The minimum atomic E-state index is -0.609. The summed E-state index contributed by atoms with van der Waals surface area (Å²) in [6, 6.07) is 17.3. The summed E-state index contributed by atoms with van der Waals surface area (Å²) in [7, 11) is 0. The SMILES string of the molecule is CCOC(=O)C1=C(C)N=c2s/c(=C\c3cccs3)c(=O)n2C1c1cccc2ccccc12. The zero-order chi connectivity index (χ0) is 22.2. The van der Waals surface area contributed by atoms with Crippen LogP contribution in [0.25, 0.3) is 16.8 Å². The van der Waals surface area contributed by atoms with Gasteiger partial charge in [0.15, 0.2) is 4.80 Å². The molecular weight excluding hydrogens is 440 g/mol. The lowest BCUT2D eigenvalue weighted by molar-refractivity contribution is -0.139. The number of fused-ring (bicyclic) bond motifs is 2. The smallest absolute Gasteiger partial charge is 0.338 e. The fourth-order valence-corrected chi connectivity index (χ4v) is 5.85. The van der Waals surface area contributed by atoms with E-state index in [0.717, 1.165) is 21.2 Å². The lowest BCUT2D eigenvalue weighted by Gasteiger charge is -2.25. The van der Waals surface area contributed by atoms with Crippen molar-refractivity contribution in [2.24, 2.45) is 4.99 Å². The predicted octanol–water partition coefficient (Wildman–Crippen LogP) is 4.01. The van der Waals surface area contributed by atoms with Crippen LogP contribution in [0.4, 0.5) is 0 Å². The van der Waals surface area contributed by atoms with Gasteiger partial charge in [-0.25, -0.2) is 9.79 Å². The first kappa shape index (κ1) is 20.6. The summed E-state index contributed by atoms with van der Waals surface area (Å²) in [5.74, 6) is -0.445. The lowest BCUT2D eigenvalue weighted by atomic mass is 9.91. The summed E-state index contributed by atoms with van der Waals surface area (Å²) in [6.07, 6.45) is 1.89. The number of carbonyl (C=O) groups excluding carboxylic acids is 1. The zero-order valence-corrected chi connectivity index (χ0v) is 19.2. The highest BCUT2D eigenvalue weighted by atomic mass is 32.1. The molecule has 32 heavy (non-hydrogen) atoms. The van der Waals surface area contributed by atoms with Crippen molar-refractivity contribution in [3.63, 3.8) is 0 Å². The maximum atomic E-state index is 13.6. The third-order valence-corrected chi connectivity index (χ3v) is 7.25. The fraction of sp³-hybridized carbons (Fsp3) is 0.160. The van der Waals surface area contributed by atoms with Crippen LogP contribution in [0, 0.1) is 0 Å². The first-order valence-electron chi connectivity index (χ1n) is 10.3. The lowest BCUT2D eigenvalue weighted by Crippen LogP contribution is -2.40. The second-order valence-corrected chi connectivity index (χ2v) is 9.37. The molecule has 0 fully saturated rings. The van der Waals surface area contributed by atoms with Crippen molar-refractivity contribution >= 4 is 45.5 Å². The molecule has 160 valence electrons. The molecule has 1 atom stereocenters. The summed E-state index contributed by atoms with van der Waals surface area (Å²) >= 11 is 2.92. The molecule has 3 heterocycles. The Hall–Kier alpha value is -3.29. The molecule has 2 aromatic carbocycles. The largest absolute Gasteiger partial charge is 0.463 e. The maximum absolute atomic E-state index is 13.6. The van der Waals surface area contributed by atoms with Gasteiger partial charge in [0.05, 0.1) is 28.5 Å². The van der Waals surface area contributed by atoms with E-state index in [2.05, 4.69) is 4.99 Å². The number of allylic oxidation sites excluding steroid dienone is 1. The van der Waals surface area contributed by atoms with Crippen molar-refractivity contribution in [3.05, 3.63) is 101 Å². The molecule has 0 spiro atoms. The minimum Gasteiger partial charge on any atom is -0.463 e. The van der Waals surface area contributed by atoms with Crippen LogP contribution in [0.3, 0.4) is 0 Å². The van der Waals surface area contributed by atoms with Gasteiger partial charge in [-0.3, -0.25) is 9.36 Å². The Labute approximate surface area is 192 Å². The second kappa shape index (κ2) is 8.33. The average Bonchev–Trinajstić information content (AvgIpc) is 3.41. The van der Waals surface area contributed by atoms with Gasteiger partial charge in [0.1, 0.15) is 0 Å². The normalized spacial score (nSPS) is 16.2. The van der Waals surface area contributed by atoms with E-state index in [-0.39, 0.29) is 12.2 Å². The highest BCUT2D eigenvalue weighted by Gasteiger charge is 2.34. The number of nitrogens with zero attached hydrogens (tertiary/aromatic N) is 2. The van der Waals surface area contributed by atoms with E-state index in [9.17, 15) is 9.59 Å². The van der Waals surface area contributed by atoms with Crippen LogP contribution >= 0.6 is 22.7 Å². The summed E-state index contributed by atoms with van der Waals surface area (Å²) in [4.78, 5) is 32.9. The van der Waals surface area contributed by atoms with E-state index < -0.39 is 12.0 Å². The molecule has 1 aliphatic rings. The highest BCUT2D eigenvalue weighted by molar-refractivity contribution is 7.11. The molecule has 0 saturated heterocycles. The number of ether oxygens (including phenoxy) is 1. The summed E-state index contributed by atoms with van der Waals surface area (Å²) in [5, 5.41) is 4.01. The van der Waals surface area contributed by atoms with E-state index in [1.165, 1.54) is 11.3 Å². The third kappa shape index (κ3) is 3.43. The first-order chi connectivity index (χ1) is 15.6. The number of hydrogen-bond acceptors (Lipinski definition) is 6. The fourth-order valence-electron chi connectivity index (χ4n) is 4.08. The summed E-state index contributed by atoms with van der Waals surface area (Å²) in [6.45, 7) is 3.83. The van der Waals surface area contributed by atoms with Crippen molar-refractivity contribution in [2.45, 2.75) is 19.9 Å². The number of rotatable bonds is 4. The van der Waals surface area contributed by atoms with E-state index in [4.69, 9.17) is 4.74 Å². The van der Waals surface area contributed by atoms with Gasteiger partial charge in [0.2, 0.25) is 0 Å². The Kier molecular flexibility index (Phi) is 5.36. The molecule has 5 rings (SSSR count). The Morgan fingerprint density at radius 3 is 2.75 bits per heavy atom. The highest BCUT2D eigenvalue weighted by Crippen LogP contribution is 2.34. The van der Waals surface area contributed by atoms with Crippen LogP contribution in [0.2, 0.25) is 0 Å². The molecule has 4 aromatic rings. The van der Waals surface area contributed by atoms with E-state index in [1.807, 2.05) is 66.1 Å². The average molecular weight is 461 g/mol. The number of carbonyl (C=O) groups is 1. The quantitative estimate of drug-likeness (QED) is 0.432. The van der Waals surface area contributed by atoms with Crippen molar-refractivity contribution in [1.82, 2.24) is 4.57 Å². The predicted molar refractivity (Wildman–Crippen MR) is 129 cm³/mol. The molecule has 0 bridgehead atoms. The van der Waals surface area contributed by atoms with Crippen LogP contribution in [0.5, 0.6) is 0 Å². The van der Waals surface area contributed by atoms with E-state index >= 15 is 0 Å². The number of aromatic nitrogens is 1. The van der Waals surface area contributed by atoms with Gasteiger partial charge in [0.25, 0.3) is 5.56 Å². The molecule has 0 amide bonds. The van der Waals surface area contributed by atoms with Crippen molar-refractivity contribution in [3.8, 4) is 0 Å². The van der Waals surface area contributed by atoms with Gasteiger partial charge in [-0.1, -0.05) is 59.9 Å². The van der Waals surface area contributed by atoms with Gasteiger partial charge in [0, 0.05) is 4.88 Å². The molecule has 2 aromatic heterocycles. The van der Waals surface area contributed by atoms with Crippen LogP contribution in [0.15, 0.2) is 81.0 Å². The Morgan fingerprint density at radius 2 is 1.97 bits per heavy atom. The van der Waals surface area contributed by atoms with Crippen LogP contribution in [0.1, 0.15) is 30.3 Å². The molecule has 0 radical (unpaired) electrons. The van der Waals surface area contributed by atoms with Crippen molar-refractivity contribution in [1.29, 1.82) is 0 Å². The van der Waals surface area contributed by atoms with Gasteiger partial charge in [-0.15, -0.1) is 11.3 Å². The summed E-state index contributed by atoms with van der Waals surface area (Å²) in [5.41, 5.74) is 1.70. The van der Waals surface area contributed by atoms with Gasteiger partial charge >= 0.3 is 5.97 Å². The van der Waals surface area contributed by atoms with Gasteiger partial charge < -0.3 is 4.74 Å². The second-order valence-electron chi connectivity index (χ2n) is 7.39. The Balaban J connectivity index is 1.83. The molecule has 0 N–H and O–H groups in total. The van der Waals surface area contributed by atoms with Gasteiger partial charge in [-0.05, 0) is 47.7 Å². The van der Waals surface area contributed by atoms with Gasteiger partial charge in [-0.2, -0.15) is 0 Å². The topological polar surface area (TPSA) is 60.7 Å². The molecule has 0 aliphatic carbocycles. The van der Waals surface area contributed by atoms with Crippen molar-refractivity contribution < 1.29 is 9.53 Å². The first-order valence-corrected chi connectivity index (χ1v) is 12.0. The monoisotopic (exact) mass is 460 g/mol. The Bertz CT molecular complexity index is 1540. The summed E-state index contributed by atoms with van der Waals surface area (Å²) < 4.78 is 7.62. The molecule has 7 heteroatoms. The third-order valence-electron chi connectivity index (χ3n) is 5.45. The number of esters is 1. The molecule has 0 saturated carbocycles. The number of benzene rings is 2. The molecular formula is C25H20N2O3S2. The van der Waals surface area contributed by atoms with E-state index in [1.54, 1.807) is 29.8 Å². The molecule has 1 aliphatic heterocycles.